The van der Waals surface area contributed by atoms with Crippen molar-refractivity contribution in [3.8, 4) is 5.75 Å². The van der Waals surface area contributed by atoms with Crippen molar-refractivity contribution in [2.75, 3.05) is 26.2 Å². The summed E-state index contributed by atoms with van der Waals surface area (Å²) in [6.45, 7) is 7.93. The van der Waals surface area contributed by atoms with Crippen LogP contribution in [0, 0.1) is 0 Å². The SMILES string of the molecule is CC(C)N1CC(=O)N(C[C@@H]2NC(N)=[N+]3CC(NC(=O)c4cccc5c4OCCC5(C)C)C(O)(O)C34NC(N)=NC24)C1=O. The molecule has 3 unspecified atom stereocenters. The summed E-state index contributed by atoms with van der Waals surface area (Å²) >= 11 is 0. The van der Waals surface area contributed by atoms with E-state index in [2.05, 4.69) is 34.8 Å². The van der Waals surface area contributed by atoms with E-state index in [0.29, 0.717) is 12.4 Å². The molecule has 0 aliphatic carbocycles. The van der Waals surface area contributed by atoms with Crippen LogP contribution in [0.5, 0.6) is 5.75 Å². The average Bonchev–Trinajstić information content (AvgIpc) is 3.49. The van der Waals surface area contributed by atoms with E-state index in [1.165, 1.54) is 9.48 Å². The Labute approximate surface area is 242 Å². The molecular weight excluding hydrogens is 546 g/mol. The second-order valence-electron chi connectivity index (χ2n) is 12.5. The summed E-state index contributed by atoms with van der Waals surface area (Å²) in [6, 6.07) is 1.61. The lowest BCUT2D eigenvalue weighted by Crippen LogP contribution is -2.79. The van der Waals surface area contributed by atoms with Crippen LogP contribution in [0.15, 0.2) is 23.2 Å². The Hall–Kier alpha value is -4.11. The normalized spacial score (nSPS) is 30.7. The highest BCUT2D eigenvalue weighted by Gasteiger charge is 2.75. The molecule has 15 heteroatoms. The monoisotopic (exact) mass is 584 g/mol. The van der Waals surface area contributed by atoms with Gasteiger partial charge in [-0.15, -0.1) is 0 Å². The molecule has 1 aromatic carbocycles. The maximum absolute atomic E-state index is 13.6. The molecular formula is C27H38N9O6+. The van der Waals surface area contributed by atoms with E-state index in [0.717, 1.165) is 16.9 Å². The average molecular weight is 585 g/mol. The van der Waals surface area contributed by atoms with Gasteiger partial charge in [-0.2, -0.15) is 0 Å². The Morgan fingerprint density at radius 1 is 1.29 bits per heavy atom. The van der Waals surface area contributed by atoms with E-state index >= 15 is 0 Å². The van der Waals surface area contributed by atoms with Crippen molar-refractivity contribution in [1.82, 2.24) is 25.8 Å². The molecule has 42 heavy (non-hydrogen) atoms. The van der Waals surface area contributed by atoms with Gasteiger partial charge in [0.05, 0.1) is 25.3 Å². The van der Waals surface area contributed by atoms with E-state index in [-0.39, 0.29) is 54.5 Å². The number of hydrogen-bond acceptors (Lipinski definition) is 11. The van der Waals surface area contributed by atoms with Crippen LogP contribution >= 0.6 is 0 Å². The van der Waals surface area contributed by atoms with E-state index in [4.69, 9.17) is 16.2 Å². The number of ether oxygens (including phenoxy) is 1. The van der Waals surface area contributed by atoms with Crippen LogP contribution in [-0.4, -0.2) is 116 Å². The van der Waals surface area contributed by atoms with Gasteiger partial charge >= 0.3 is 12.0 Å². The summed E-state index contributed by atoms with van der Waals surface area (Å²) < 4.78 is 7.37. The predicted molar refractivity (Wildman–Crippen MR) is 149 cm³/mol. The Bertz CT molecular complexity index is 1440. The largest absolute Gasteiger partial charge is 0.492 e. The number of urea groups is 1. The Balaban J connectivity index is 1.30. The lowest BCUT2D eigenvalue weighted by atomic mass is 9.79. The standard InChI is InChI=1S/C27H37N9O6/c1-13(2)34-12-18(37)35(24(34)39)10-16-20-26(33-22(28)32-20)27(40,41)17(11-36(26)23(29)30-16)31-21(38)14-6-5-7-15-19(14)42-9-8-25(15,3)4/h5-7,13,16-17,20,40-41H,8-12H2,1-4H3,(H6,28,29,30,31,32,33,38)/p+1/t16-,17?,20?,26?/m0/s1. The highest BCUT2D eigenvalue weighted by atomic mass is 16.5. The molecule has 6 rings (SSSR count). The number of carbonyl (C=O) groups is 3. The van der Waals surface area contributed by atoms with Gasteiger partial charge in [0.2, 0.25) is 17.4 Å². The first-order valence-corrected chi connectivity index (χ1v) is 14.1. The number of fused-ring (bicyclic) bond motifs is 1. The quantitative estimate of drug-likeness (QED) is 0.110. The third-order valence-corrected chi connectivity index (χ3v) is 9.22. The molecule has 0 bridgehead atoms. The van der Waals surface area contributed by atoms with Crippen molar-refractivity contribution in [3.05, 3.63) is 29.3 Å². The molecule has 1 aromatic rings. The third-order valence-electron chi connectivity index (χ3n) is 9.22. The highest BCUT2D eigenvalue weighted by molar-refractivity contribution is 6.02. The maximum Gasteiger partial charge on any atom is 0.346 e. The van der Waals surface area contributed by atoms with Crippen LogP contribution in [0.3, 0.4) is 0 Å². The van der Waals surface area contributed by atoms with Gasteiger partial charge in [0.25, 0.3) is 5.91 Å². The highest BCUT2D eigenvalue weighted by Crippen LogP contribution is 2.43. The summed E-state index contributed by atoms with van der Waals surface area (Å²) in [5.41, 5.74) is 11.7. The lowest BCUT2D eigenvalue weighted by Gasteiger charge is -2.44. The summed E-state index contributed by atoms with van der Waals surface area (Å²) in [6.07, 6.45) is 0.795. The second-order valence-corrected chi connectivity index (χ2v) is 12.5. The number of aliphatic imine (C=N–C) groups is 1. The number of amides is 4. The van der Waals surface area contributed by atoms with E-state index < -0.39 is 41.5 Å². The molecule has 2 fully saturated rings. The predicted octanol–water partition coefficient (Wildman–Crippen LogP) is -2.51. The molecule has 5 aliphatic heterocycles. The zero-order valence-corrected chi connectivity index (χ0v) is 24.0. The molecule has 5 heterocycles. The molecule has 9 N–H and O–H groups in total. The fourth-order valence-electron chi connectivity index (χ4n) is 6.83. The van der Waals surface area contributed by atoms with E-state index in [1.54, 1.807) is 12.1 Å². The van der Waals surface area contributed by atoms with Crippen LogP contribution in [0.2, 0.25) is 0 Å². The van der Waals surface area contributed by atoms with Crippen molar-refractivity contribution < 1.29 is 33.9 Å². The third kappa shape index (κ3) is 3.82. The lowest BCUT2D eigenvalue weighted by molar-refractivity contribution is -0.623. The van der Waals surface area contributed by atoms with E-state index in [1.807, 2.05) is 19.9 Å². The van der Waals surface area contributed by atoms with Crippen LogP contribution in [0.1, 0.15) is 50.0 Å². The maximum atomic E-state index is 13.6. The molecule has 2 saturated heterocycles. The number of imide groups is 1. The molecule has 5 aliphatic rings. The van der Waals surface area contributed by atoms with Crippen LogP contribution < -0.4 is 32.2 Å². The number of para-hydroxylation sites is 1. The Kier molecular flexibility index (Phi) is 6.14. The summed E-state index contributed by atoms with van der Waals surface area (Å²) in [4.78, 5) is 46.4. The molecule has 4 atom stereocenters. The van der Waals surface area contributed by atoms with Gasteiger partial charge in [0.15, 0.2) is 5.96 Å². The zero-order valence-electron chi connectivity index (χ0n) is 24.0. The second kappa shape index (κ2) is 9.19. The Morgan fingerprint density at radius 2 is 2.02 bits per heavy atom. The molecule has 1 spiro atoms. The summed E-state index contributed by atoms with van der Waals surface area (Å²) in [5, 5.41) is 32.3. The zero-order chi connectivity index (χ0) is 30.4. The molecule has 226 valence electrons. The van der Waals surface area contributed by atoms with Crippen LogP contribution in [0.25, 0.3) is 0 Å². The first-order valence-electron chi connectivity index (χ1n) is 14.1. The first-order chi connectivity index (χ1) is 19.7. The smallest absolute Gasteiger partial charge is 0.346 e. The number of nitrogens with two attached hydrogens (primary N) is 2. The number of nitrogens with one attached hydrogen (secondary N) is 3. The number of nitrogens with zero attached hydrogens (tertiary/aromatic N) is 4. The van der Waals surface area contributed by atoms with Gasteiger partial charge in [-0.1, -0.05) is 26.0 Å². The minimum absolute atomic E-state index is 0.0415. The van der Waals surface area contributed by atoms with Gasteiger partial charge in [-0.3, -0.25) is 25.5 Å². The number of benzene rings is 1. The van der Waals surface area contributed by atoms with E-state index in [9.17, 15) is 24.6 Å². The van der Waals surface area contributed by atoms with Gasteiger partial charge in [0.1, 0.15) is 30.4 Å². The van der Waals surface area contributed by atoms with Gasteiger partial charge in [-0.25, -0.2) is 14.4 Å². The van der Waals surface area contributed by atoms with Crippen molar-refractivity contribution in [2.45, 2.75) is 75.1 Å². The summed E-state index contributed by atoms with van der Waals surface area (Å²) in [7, 11) is 0. The number of carbonyl (C=O) groups excluding carboxylic acids is 3. The minimum atomic E-state index is -2.65. The first kappa shape index (κ1) is 28.0. The van der Waals surface area contributed by atoms with Gasteiger partial charge in [0, 0.05) is 11.6 Å². The topological polar surface area (TPSA) is 211 Å². The Morgan fingerprint density at radius 3 is 2.71 bits per heavy atom. The molecule has 0 aromatic heterocycles. The molecule has 0 radical (unpaired) electrons. The van der Waals surface area contributed by atoms with Gasteiger partial charge < -0.3 is 36.2 Å². The molecule has 15 nitrogen and oxygen atoms in total. The van der Waals surface area contributed by atoms with Crippen LogP contribution in [0.4, 0.5) is 4.79 Å². The number of rotatable bonds is 5. The fourth-order valence-corrected chi connectivity index (χ4v) is 6.83. The summed E-state index contributed by atoms with van der Waals surface area (Å²) in [5.74, 6) is -3.16. The van der Waals surface area contributed by atoms with Gasteiger partial charge in [-0.05, 0) is 31.7 Å². The number of hydrogen-bond donors (Lipinski definition) is 7. The minimum Gasteiger partial charge on any atom is -0.492 e. The van der Waals surface area contributed by atoms with Crippen molar-refractivity contribution in [1.29, 1.82) is 0 Å². The van der Waals surface area contributed by atoms with Crippen molar-refractivity contribution >= 4 is 29.8 Å². The molecule has 4 amide bonds. The molecule has 0 saturated carbocycles. The number of guanidine groups is 2. The fraction of sp³-hybridized carbons (Fsp3) is 0.593. The van der Waals surface area contributed by atoms with Crippen molar-refractivity contribution in [3.63, 3.8) is 0 Å². The van der Waals surface area contributed by atoms with Crippen LogP contribution in [-0.2, 0) is 10.2 Å². The number of aliphatic hydroxyl groups is 2. The van der Waals surface area contributed by atoms with Crippen molar-refractivity contribution in [2.24, 2.45) is 16.5 Å².